The molecule has 9 heteroatoms. The molecule has 4 rings (SSSR count). The zero-order chi connectivity index (χ0) is 20.9. The van der Waals surface area contributed by atoms with Gasteiger partial charge in [-0.1, -0.05) is 34.7 Å². The minimum Gasteiger partial charge on any atom is -0.338 e. The van der Waals surface area contributed by atoms with Gasteiger partial charge in [0.05, 0.1) is 0 Å². The van der Waals surface area contributed by atoms with Crippen molar-refractivity contribution in [3.8, 4) is 17.3 Å². The standard InChI is InChI=1S/C21H15FIN7/c22-16-6-4-14(5-7-16)19-15(12-26-28-19)11-25-20-18(10-24)21(30-29-20)27-17-3-1-2-13(8-17)9-23/h1-8,11-12H,9H2,(H,26,28)(H2,27,29,30)/b25-11+. The highest BCUT2D eigenvalue weighted by atomic mass is 127. The summed E-state index contributed by atoms with van der Waals surface area (Å²) >= 11 is 2.30. The van der Waals surface area contributed by atoms with Crippen molar-refractivity contribution in [2.24, 2.45) is 4.99 Å². The second kappa shape index (κ2) is 8.87. The van der Waals surface area contributed by atoms with Gasteiger partial charge in [0.2, 0.25) is 0 Å². The van der Waals surface area contributed by atoms with Gasteiger partial charge in [0.25, 0.3) is 0 Å². The molecule has 0 radical (unpaired) electrons. The summed E-state index contributed by atoms with van der Waals surface area (Å²) in [6.07, 6.45) is 3.26. The number of nitrogens with zero attached hydrogens (tertiary/aromatic N) is 4. The third-order valence-corrected chi connectivity index (χ3v) is 5.20. The Morgan fingerprint density at radius 2 is 2.03 bits per heavy atom. The van der Waals surface area contributed by atoms with Gasteiger partial charge in [-0.2, -0.15) is 15.5 Å². The van der Waals surface area contributed by atoms with Crippen LogP contribution in [0.1, 0.15) is 16.7 Å². The first-order valence-electron chi connectivity index (χ1n) is 8.92. The average molecular weight is 511 g/mol. The van der Waals surface area contributed by atoms with Crippen molar-refractivity contribution in [1.29, 1.82) is 5.26 Å². The number of nitrogens with one attached hydrogen (secondary N) is 3. The lowest BCUT2D eigenvalue weighted by Crippen LogP contribution is -1.93. The molecule has 3 N–H and O–H groups in total. The lowest BCUT2D eigenvalue weighted by atomic mass is 10.1. The number of benzene rings is 2. The van der Waals surface area contributed by atoms with E-state index in [0.29, 0.717) is 28.5 Å². The van der Waals surface area contributed by atoms with Gasteiger partial charge in [-0.3, -0.25) is 10.2 Å². The molecule has 0 fully saturated rings. The van der Waals surface area contributed by atoms with Crippen LogP contribution in [0, 0.1) is 17.1 Å². The van der Waals surface area contributed by atoms with Crippen molar-refractivity contribution in [3.63, 3.8) is 0 Å². The van der Waals surface area contributed by atoms with Crippen LogP contribution in [0.4, 0.5) is 21.7 Å². The van der Waals surface area contributed by atoms with Gasteiger partial charge in [-0.25, -0.2) is 9.38 Å². The summed E-state index contributed by atoms with van der Waals surface area (Å²) in [6, 6.07) is 16.1. The molecular weight excluding hydrogens is 496 g/mol. The van der Waals surface area contributed by atoms with Crippen LogP contribution in [0.15, 0.2) is 59.7 Å². The Hall–Kier alpha value is -3.52. The molecule has 0 amide bonds. The number of alkyl halides is 1. The lowest BCUT2D eigenvalue weighted by molar-refractivity contribution is 0.628. The fourth-order valence-electron chi connectivity index (χ4n) is 2.86. The summed E-state index contributed by atoms with van der Waals surface area (Å²) in [6.45, 7) is 0. The van der Waals surface area contributed by atoms with Crippen LogP contribution < -0.4 is 5.32 Å². The summed E-state index contributed by atoms with van der Waals surface area (Å²) in [7, 11) is 0. The van der Waals surface area contributed by atoms with E-state index in [4.69, 9.17) is 0 Å². The molecule has 2 aromatic carbocycles. The summed E-state index contributed by atoms with van der Waals surface area (Å²) in [5.41, 5.74) is 4.40. The maximum absolute atomic E-state index is 13.2. The maximum Gasteiger partial charge on any atom is 0.172 e. The fraction of sp³-hybridized carbons (Fsp3) is 0.0476. The van der Waals surface area contributed by atoms with E-state index in [0.717, 1.165) is 15.7 Å². The zero-order valence-corrected chi connectivity index (χ0v) is 17.7. The molecule has 0 spiro atoms. The van der Waals surface area contributed by atoms with E-state index in [1.54, 1.807) is 24.5 Å². The number of anilines is 2. The molecule has 7 nitrogen and oxygen atoms in total. The molecule has 2 aromatic heterocycles. The Morgan fingerprint density at radius 3 is 2.80 bits per heavy atom. The number of nitriles is 1. The predicted octanol–water partition coefficient (Wildman–Crippen LogP) is 5.24. The van der Waals surface area contributed by atoms with E-state index in [1.165, 1.54) is 17.7 Å². The Morgan fingerprint density at radius 1 is 1.20 bits per heavy atom. The molecule has 0 saturated carbocycles. The number of halogens is 2. The smallest absolute Gasteiger partial charge is 0.172 e. The van der Waals surface area contributed by atoms with E-state index >= 15 is 0 Å². The van der Waals surface area contributed by atoms with Crippen LogP contribution >= 0.6 is 22.6 Å². The number of aromatic nitrogens is 4. The second-order valence-corrected chi connectivity index (χ2v) is 7.08. The van der Waals surface area contributed by atoms with E-state index in [-0.39, 0.29) is 5.82 Å². The van der Waals surface area contributed by atoms with E-state index in [9.17, 15) is 9.65 Å². The van der Waals surface area contributed by atoms with Crippen molar-refractivity contribution < 1.29 is 4.39 Å². The van der Waals surface area contributed by atoms with Crippen molar-refractivity contribution in [2.45, 2.75) is 4.43 Å². The molecule has 0 saturated heterocycles. The third-order valence-electron chi connectivity index (χ3n) is 4.32. The van der Waals surface area contributed by atoms with Crippen LogP contribution in [0.25, 0.3) is 11.3 Å². The molecule has 4 aromatic rings. The maximum atomic E-state index is 13.2. The molecule has 30 heavy (non-hydrogen) atoms. The average Bonchev–Trinajstić information content (AvgIpc) is 3.39. The van der Waals surface area contributed by atoms with Crippen LogP contribution in [0.2, 0.25) is 0 Å². The molecule has 0 aliphatic carbocycles. The van der Waals surface area contributed by atoms with Gasteiger partial charge >= 0.3 is 0 Å². The summed E-state index contributed by atoms with van der Waals surface area (Å²) in [5, 5.41) is 26.7. The van der Waals surface area contributed by atoms with Gasteiger partial charge in [0.15, 0.2) is 11.6 Å². The summed E-state index contributed by atoms with van der Waals surface area (Å²) in [4.78, 5) is 4.38. The van der Waals surface area contributed by atoms with Gasteiger partial charge in [-0.05, 0) is 42.0 Å². The number of aliphatic imine (C=N–C) groups is 1. The number of rotatable bonds is 6. The highest BCUT2D eigenvalue weighted by Gasteiger charge is 2.13. The molecule has 2 heterocycles. The quantitative estimate of drug-likeness (QED) is 0.187. The molecule has 0 aliphatic heterocycles. The van der Waals surface area contributed by atoms with Crippen molar-refractivity contribution >= 4 is 46.1 Å². The fourth-order valence-corrected chi connectivity index (χ4v) is 3.34. The Labute approximate surface area is 185 Å². The van der Waals surface area contributed by atoms with Crippen LogP contribution in [-0.4, -0.2) is 26.6 Å². The predicted molar refractivity (Wildman–Crippen MR) is 122 cm³/mol. The summed E-state index contributed by atoms with van der Waals surface area (Å²) in [5.74, 6) is 0.419. The first-order valence-corrected chi connectivity index (χ1v) is 10.4. The van der Waals surface area contributed by atoms with E-state index in [2.05, 4.69) is 59.4 Å². The topological polar surface area (TPSA) is 106 Å². The zero-order valence-electron chi connectivity index (χ0n) is 15.5. The molecule has 0 unspecified atom stereocenters. The van der Waals surface area contributed by atoms with Crippen molar-refractivity contribution in [1.82, 2.24) is 20.4 Å². The van der Waals surface area contributed by atoms with Gasteiger partial charge in [0.1, 0.15) is 23.1 Å². The number of H-pyrrole nitrogens is 2. The molecule has 0 aliphatic rings. The molecule has 0 atom stereocenters. The Kier molecular flexibility index (Phi) is 5.85. The van der Waals surface area contributed by atoms with E-state index in [1.807, 2.05) is 24.3 Å². The molecule has 148 valence electrons. The van der Waals surface area contributed by atoms with E-state index < -0.39 is 0 Å². The van der Waals surface area contributed by atoms with Crippen molar-refractivity contribution in [2.75, 3.05) is 5.32 Å². The molecule has 0 bridgehead atoms. The van der Waals surface area contributed by atoms with Crippen molar-refractivity contribution in [3.05, 3.63) is 77.2 Å². The number of hydrogen-bond donors (Lipinski definition) is 3. The number of aromatic amines is 2. The highest BCUT2D eigenvalue weighted by Crippen LogP contribution is 2.27. The van der Waals surface area contributed by atoms with Crippen LogP contribution in [0.3, 0.4) is 0 Å². The number of hydrogen-bond acceptors (Lipinski definition) is 5. The first-order chi connectivity index (χ1) is 14.7. The Balaban J connectivity index is 1.59. The second-order valence-electron chi connectivity index (χ2n) is 6.32. The first kappa shape index (κ1) is 19.8. The lowest BCUT2D eigenvalue weighted by Gasteiger charge is -2.04. The summed E-state index contributed by atoms with van der Waals surface area (Å²) < 4.78 is 14.1. The minimum absolute atomic E-state index is 0.304. The van der Waals surface area contributed by atoms with Gasteiger partial charge in [-0.15, -0.1) is 0 Å². The van der Waals surface area contributed by atoms with Crippen LogP contribution in [-0.2, 0) is 4.43 Å². The SMILES string of the molecule is N#Cc1c(Nc2cccc(CI)c2)n[nH]c1/N=C/c1c[nH]nc1-c1ccc(F)cc1. The van der Waals surface area contributed by atoms with Crippen LogP contribution in [0.5, 0.6) is 0 Å². The molecular formula is C21H15FIN7. The highest BCUT2D eigenvalue weighted by molar-refractivity contribution is 14.1. The third kappa shape index (κ3) is 4.23. The largest absolute Gasteiger partial charge is 0.338 e. The van der Waals surface area contributed by atoms with Gasteiger partial charge < -0.3 is 5.32 Å². The Bertz CT molecular complexity index is 1230. The minimum atomic E-state index is -0.315. The van der Waals surface area contributed by atoms with Gasteiger partial charge in [0, 0.05) is 33.7 Å². The monoisotopic (exact) mass is 511 g/mol. The normalized spacial score (nSPS) is 11.0.